The Hall–Kier alpha value is -1.82. The lowest BCUT2D eigenvalue weighted by molar-refractivity contribution is 0.493. The maximum atomic E-state index is 5.64. The number of nitrogens with one attached hydrogen (secondary N) is 1. The summed E-state index contributed by atoms with van der Waals surface area (Å²) in [5, 5.41) is 1.79. The zero-order chi connectivity index (χ0) is 10.1. The van der Waals surface area contributed by atoms with Gasteiger partial charge in [0, 0.05) is 26.5 Å². The average molecular weight is 192 g/mol. The Morgan fingerprint density at radius 1 is 1.50 bits per heavy atom. The van der Waals surface area contributed by atoms with Gasteiger partial charge in [0.05, 0.1) is 6.20 Å². The maximum absolute atomic E-state index is 5.64. The molecule has 2 aromatic rings. The first-order chi connectivity index (χ1) is 6.66. The van der Waals surface area contributed by atoms with E-state index in [0.717, 1.165) is 5.65 Å². The number of aromatic nitrogens is 3. The van der Waals surface area contributed by atoms with Crippen LogP contribution in [0.4, 0.5) is 11.6 Å². The molecule has 0 spiro atoms. The van der Waals surface area contributed by atoms with Gasteiger partial charge in [-0.1, -0.05) is 0 Å². The number of rotatable bonds is 2. The maximum Gasteiger partial charge on any atom is 0.186 e. The fraction of sp³-hybridized carbons (Fsp3) is 0.250. The van der Waals surface area contributed by atoms with Crippen LogP contribution in [-0.2, 0) is 0 Å². The smallest absolute Gasteiger partial charge is 0.186 e. The number of nitrogens with zero attached hydrogens (tertiary/aromatic N) is 4. The largest absolute Gasteiger partial charge is 0.382 e. The molecule has 14 heavy (non-hydrogen) atoms. The van der Waals surface area contributed by atoms with Crippen molar-refractivity contribution in [3.05, 3.63) is 18.6 Å². The minimum absolute atomic E-state index is 0.458. The second kappa shape index (κ2) is 3.15. The van der Waals surface area contributed by atoms with Crippen LogP contribution in [-0.4, -0.2) is 33.5 Å². The Balaban J connectivity index is 2.55. The SMILES string of the molecule is CN(C)Nc1nc(N)cn2ccnc12. The summed E-state index contributed by atoms with van der Waals surface area (Å²) in [5.41, 5.74) is 9.43. The van der Waals surface area contributed by atoms with Gasteiger partial charge in [-0.2, -0.15) is 0 Å². The van der Waals surface area contributed by atoms with E-state index in [4.69, 9.17) is 5.73 Å². The van der Waals surface area contributed by atoms with Crippen LogP contribution >= 0.6 is 0 Å². The molecular formula is C8H12N6. The second-order valence-corrected chi connectivity index (χ2v) is 3.18. The van der Waals surface area contributed by atoms with Crippen LogP contribution in [0, 0.1) is 0 Å². The van der Waals surface area contributed by atoms with Gasteiger partial charge in [0.1, 0.15) is 5.82 Å². The molecule has 0 aliphatic carbocycles. The van der Waals surface area contributed by atoms with Gasteiger partial charge in [-0.25, -0.2) is 15.0 Å². The van der Waals surface area contributed by atoms with Crippen LogP contribution in [0.1, 0.15) is 0 Å². The third-order valence-electron chi connectivity index (χ3n) is 1.72. The monoisotopic (exact) mass is 192 g/mol. The van der Waals surface area contributed by atoms with E-state index in [1.165, 1.54) is 0 Å². The van der Waals surface area contributed by atoms with Gasteiger partial charge in [0.25, 0.3) is 0 Å². The summed E-state index contributed by atoms with van der Waals surface area (Å²) in [6.45, 7) is 0. The van der Waals surface area contributed by atoms with Gasteiger partial charge >= 0.3 is 0 Å². The highest BCUT2D eigenvalue weighted by molar-refractivity contribution is 5.64. The van der Waals surface area contributed by atoms with Crippen molar-refractivity contribution in [2.24, 2.45) is 0 Å². The quantitative estimate of drug-likeness (QED) is 0.665. The minimum atomic E-state index is 0.458. The summed E-state index contributed by atoms with van der Waals surface area (Å²) < 4.78 is 1.83. The van der Waals surface area contributed by atoms with E-state index in [1.54, 1.807) is 17.4 Å². The first kappa shape index (κ1) is 8.76. The number of fused-ring (bicyclic) bond motifs is 1. The highest BCUT2D eigenvalue weighted by Gasteiger charge is 2.05. The van der Waals surface area contributed by atoms with Crippen molar-refractivity contribution in [3.63, 3.8) is 0 Å². The van der Waals surface area contributed by atoms with E-state index in [2.05, 4.69) is 15.4 Å². The third kappa shape index (κ3) is 1.47. The predicted molar refractivity (Wildman–Crippen MR) is 54.7 cm³/mol. The van der Waals surface area contributed by atoms with E-state index < -0.39 is 0 Å². The fourth-order valence-corrected chi connectivity index (χ4v) is 1.24. The molecule has 0 aromatic carbocycles. The van der Waals surface area contributed by atoms with Crippen LogP contribution in [0.15, 0.2) is 18.6 Å². The van der Waals surface area contributed by atoms with Gasteiger partial charge in [0.2, 0.25) is 0 Å². The Morgan fingerprint density at radius 2 is 2.29 bits per heavy atom. The van der Waals surface area contributed by atoms with Crippen molar-refractivity contribution in [2.45, 2.75) is 0 Å². The minimum Gasteiger partial charge on any atom is -0.382 e. The van der Waals surface area contributed by atoms with Crippen LogP contribution < -0.4 is 11.2 Å². The van der Waals surface area contributed by atoms with Gasteiger partial charge in [-0.15, -0.1) is 0 Å². The number of nitrogen functional groups attached to an aromatic ring is 1. The molecule has 0 unspecified atom stereocenters. The number of hydrogen-bond acceptors (Lipinski definition) is 5. The van der Waals surface area contributed by atoms with Crippen LogP contribution in [0.3, 0.4) is 0 Å². The molecule has 0 saturated heterocycles. The van der Waals surface area contributed by atoms with Gasteiger partial charge < -0.3 is 15.6 Å². The van der Waals surface area contributed by atoms with E-state index in [1.807, 2.05) is 24.7 Å². The van der Waals surface area contributed by atoms with Crippen molar-refractivity contribution in [2.75, 3.05) is 25.3 Å². The molecular weight excluding hydrogens is 180 g/mol. The summed E-state index contributed by atoms with van der Waals surface area (Å²) in [4.78, 5) is 8.32. The van der Waals surface area contributed by atoms with Crippen molar-refractivity contribution in [3.8, 4) is 0 Å². The molecule has 2 rings (SSSR count). The zero-order valence-corrected chi connectivity index (χ0v) is 8.10. The number of nitrogens with two attached hydrogens (primary N) is 1. The summed E-state index contributed by atoms with van der Waals surface area (Å²) in [7, 11) is 3.76. The molecule has 6 heteroatoms. The Bertz CT molecular complexity index is 446. The highest BCUT2D eigenvalue weighted by Crippen LogP contribution is 2.14. The molecule has 0 radical (unpaired) electrons. The van der Waals surface area contributed by atoms with Crippen molar-refractivity contribution >= 4 is 17.3 Å². The highest BCUT2D eigenvalue weighted by atomic mass is 15.5. The molecule has 0 fully saturated rings. The number of hydrazine groups is 1. The van der Waals surface area contributed by atoms with E-state index >= 15 is 0 Å². The summed E-state index contributed by atoms with van der Waals surface area (Å²) in [5.74, 6) is 1.11. The first-order valence-corrected chi connectivity index (χ1v) is 4.20. The lowest BCUT2D eigenvalue weighted by Crippen LogP contribution is -2.21. The van der Waals surface area contributed by atoms with Crippen LogP contribution in [0.2, 0.25) is 0 Å². The molecule has 2 heterocycles. The molecule has 0 aliphatic rings. The Kier molecular flexibility index (Phi) is 1.97. The third-order valence-corrected chi connectivity index (χ3v) is 1.72. The lowest BCUT2D eigenvalue weighted by Gasteiger charge is -2.13. The topological polar surface area (TPSA) is 71.5 Å². The summed E-state index contributed by atoms with van der Waals surface area (Å²) in [6, 6.07) is 0. The van der Waals surface area contributed by atoms with Gasteiger partial charge in [-0.3, -0.25) is 0 Å². The number of imidazole rings is 1. The molecule has 6 nitrogen and oxygen atoms in total. The van der Waals surface area contributed by atoms with E-state index in [9.17, 15) is 0 Å². The first-order valence-electron chi connectivity index (χ1n) is 4.20. The lowest BCUT2D eigenvalue weighted by atomic mass is 10.6. The van der Waals surface area contributed by atoms with E-state index in [-0.39, 0.29) is 0 Å². The molecule has 74 valence electrons. The van der Waals surface area contributed by atoms with Crippen LogP contribution in [0.5, 0.6) is 0 Å². The van der Waals surface area contributed by atoms with Gasteiger partial charge in [0.15, 0.2) is 11.5 Å². The Morgan fingerprint density at radius 3 is 3.00 bits per heavy atom. The molecule has 0 amide bonds. The van der Waals surface area contributed by atoms with Crippen molar-refractivity contribution in [1.29, 1.82) is 0 Å². The molecule has 2 aromatic heterocycles. The second-order valence-electron chi connectivity index (χ2n) is 3.18. The average Bonchev–Trinajstić information content (AvgIpc) is 2.50. The van der Waals surface area contributed by atoms with E-state index in [0.29, 0.717) is 11.6 Å². The zero-order valence-electron chi connectivity index (χ0n) is 8.10. The molecule has 0 bridgehead atoms. The molecule has 0 saturated carbocycles. The van der Waals surface area contributed by atoms with Crippen LogP contribution in [0.25, 0.3) is 5.65 Å². The summed E-state index contributed by atoms with van der Waals surface area (Å²) in [6.07, 6.45) is 5.26. The van der Waals surface area contributed by atoms with Gasteiger partial charge in [-0.05, 0) is 0 Å². The standard InChI is InChI=1S/C8H12N6/c1-13(2)12-7-8-10-3-4-14(8)5-6(9)11-7/h3-5H,9H2,1-2H3,(H,11,12). The Labute approximate surface area is 81.3 Å². The summed E-state index contributed by atoms with van der Waals surface area (Å²) >= 11 is 0. The molecule has 0 aliphatic heterocycles. The number of hydrogen-bond donors (Lipinski definition) is 2. The molecule has 0 atom stereocenters. The van der Waals surface area contributed by atoms with Crippen molar-refractivity contribution in [1.82, 2.24) is 19.4 Å². The predicted octanol–water partition coefficient (Wildman–Crippen LogP) is 0.200. The fourth-order valence-electron chi connectivity index (χ4n) is 1.24. The number of anilines is 2. The molecule has 3 N–H and O–H groups in total. The van der Waals surface area contributed by atoms with Crippen molar-refractivity contribution < 1.29 is 0 Å². The normalized spacial score (nSPS) is 11.1.